The molecule has 1 aromatic heterocycles. The smallest absolute Gasteiger partial charge is 0.346 e. The maximum atomic E-state index is 12.4. The SMILES string of the molecule is COc1ccc(S(=O)(=O)Nc2nn(C)c(=O)n(C)c2=O)cc1C. The molecule has 9 nitrogen and oxygen atoms in total. The van der Waals surface area contributed by atoms with E-state index in [1.54, 1.807) is 6.92 Å². The van der Waals surface area contributed by atoms with E-state index < -0.39 is 27.1 Å². The number of benzene rings is 1. The number of aryl methyl sites for hydroxylation is 2. The van der Waals surface area contributed by atoms with E-state index in [2.05, 4.69) is 9.82 Å². The lowest BCUT2D eigenvalue weighted by atomic mass is 10.2. The van der Waals surface area contributed by atoms with E-state index in [4.69, 9.17) is 4.74 Å². The number of hydrogen-bond acceptors (Lipinski definition) is 6. The van der Waals surface area contributed by atoms with Crippen molar-refractivity contribution in [3.8, 4) is 5.75 Å². The zero-order chi connectivity index (χ0) is 17.4. The molecule has 0 aliphatic heterocycles. The van der Waals surface area contributed by atoms with E-state index in [0.29, 0.717) is 11.3 Å². The van der Waals surface area contributed by atoms with Crippen molar-refractivity contribution in [2.45, 2.75) is 11.8 Å². The van der Waals surface area contributed by atoms with E-state index in [0.717, 1.165) is 9.25 Å². The molecule has 0 amide bonds. The van der Waals surface area contributed by atoms with Crippen LogP contribution in [0, 0.1) is 6.92 Å². The number of nitrogens with one attached hydrogen (secondary N) is 1. The van der Waals surface area contributed by atoms with Crippen LogP contribution in [-0.4, -0.2) is 29.9 Å². The topological polar surface area (TPSA) is 112 Å². The number of anilines is 1. The van der Waals surface area contributed by atoms with Crippen molar-refractivity contribution in [2.75, 3.05) is 11.8 Å². The second kappa shape index (κ2) is 5.88. The normalized spacial score (nSPS) is 11.3. The maximum Gasteiger partial charge on any atom is 0.346 e. The molecular weight excluding hydrogens is 324 g/mol. The van der Waals surface area contributed by atoms with E-state index in [9.17, 15) is 18.0 Å². The van der Waals surface area contributed by atoms with Gasteiger partial charge in [0.15, 0.2) is 0 Å². The molecule has 0 saturated carbocycles. The summed E-state index contributed by atoms with van der Waals surface area (Å²) in [6, 6.07) is 4.27. The number of methoxy groups -OCH3 is 1. The molecule has 2 aromatic rings. The minimum Gasteiger partial charge on any atom is -0.496 e. The van der Waals surface area contributed by atoms with Gasteiger partial charge in [-0.25, -0.2) is 17.9 Å². The predicted octanol–water partition coefficient (Wildman–Crippen LogP) is -0.403. The van der Waals surface area contributed by atoms with Crippen molar-refractivity contribution in [2.24, 2.45) is 14.1 Å². The first-order valence-corrected chi connectivity index (χ1v) is 7.97. The van der Waals surface area contributed by atoms with Crippen molar-refractivity contribution in [3.63, 3.8) is 0 Å². The van der Waals surface area contributed by atoms with Crippen LogP contribution in [0.5, 0.6) is 5.75 Å². The number of aromatic nitrogens is 3. The molecule has 0 fully saturated rings. The van der Waals surface area contributed by atoms with Crippen LogP contribution in [0.4, 0.5) is 5.82 Å². The van der Waals surface area contributed by atoms with Crippen molar-refractivity contribution in [1.29, 1.82) is 0 Å². The van der Waals surface area contributed by atoms with Gasteiger partial charge in [0.25, 0.3) is 15.6 Å². The van der Waals surface area contributed by atoms with Crippen molar-refractivity contribution < 1.29 is 13.2 Å². The van der Waals surface area contributed by atoms with Crippen LogP contribution in [0.15, 0.2) is 32.7 Å². The maximum absolute atomic E-state index is 12.4. The van der Waals surface area contributed by atoms with Crippen LogP contribution in [-0.2, 0) is 24.1 Å². The average molecular weight is 340 g/mol. The summed E-state index contributed by atoms with van der Waals surface area (Å²) in [7, 11) is 0.00693. The van der Waals surface area contributed by atoms with Gasteiger partial charge in [-0.3, -0.25) is 14.1 Å². The Hall–Kier alpha value is -2.62. The number of nitrogens with zero attached hydrogens (tertiary/aromatic N) is 3. The zero-order valence-electron chi connectivity index (χ0n) is 13.0. The first-order chi connectivity index (χ1) is 10.7. The molecule has 23 heavy (non-hydrogen) atoms. The molecule has 0 spiro atoms. The summed E-state index contributed by atoms with van der Waals surface area (Å²) in [5.41, 5.74) is -0.864. The monoisotopic (exact) mass is 340 g/mol. The molecule has 2 rings (SSSR count). The molecule has 0 aliphatic carbocycles. The summed E-state index contributed by atoms with van der Waals surface area (Å²) < 4.78 is 33.6. The Bertz CT molecular complexity index is 975. The highest BCUT2D eigenvalue weighted by molar-refractivity contribution is 7.92. The third kappa shape index (κ3) is 3.11. The van der Waals surface area contributed by atoms with Gasteiger partial charge < -0.3 is 4.74 Å². The van der Waals surface area contributed by atoms with Gasteiger partial charge in [0.05, 0.1) is 12.0 Å². The lowest BCUT2D eigenvalue weighted by Gasteiger charge is -2.10. The van der Waals surface area contributed by atoms with Crippen LogP contribution >= 0.6 is 0 Å². The van der Waals surface area contributed by atoms with Crippen LogP contribution in [0.25, 0.3) is 0 Å². The van der Waals surface area contributed by atoms with Gasteiger partial charge in [0.2, 0.25) is 5.82 Å². The third-order valence-electron chi connectivity index (χ3n) is 3.23. The molecule has 1 heterocycles. The minimum atomic E-state index is -4.03. The highest BCUT2D eigenvalue weighted by atomic mass is 32.2. The third-order valence-corrected chi connectivity index (χ3v) is 4.57. The van der Waals surface area contributed by atoms with Crippen LogP contribution in [0.1, 0.15) is 5.56 Å². The summed E-state index contributed by atoms with van der Waals surface area (Å²) in [5, 5.41) is 3.66. The fourth-order valence-corrected chi connectivity index (χ4v) is 3.05. The molecule has 124 valence electrons. The second-order valence-electron chi connectivity index (χ2n) is 4.86. The van der Waals surface area contributed by atoms with Gasteiger partial charge in [-0.2, -0.15) is 0 Å². The van der Waals surface area contributed by atoms with E-state index in [1.807, 2.05) is 0 Å². The Morgan fingerprint density at radius 2 is 1.87 bits per heavy atom. The Balaban J connectivity index is 2.49. The largest absolute Gasteiger partial charge is 0.496 e. The minimum absolute atomic E-state index is 0.0477. The fourth-order valence-electron chi connectivity index (χ4n) is 1.97. The zero-order valence-corrected chi connectivity index (χ0v) is 13.8. The van der Waals surface area contributed by atoms with E-state index in [-0.39, 0.29) is 4.90 Å². The summed E-state index contributed by atoms with van der Waals surface area (Å²) in [6.45, 7) is 1.70. The number of sulfonamides is 1. The number of ether oxygens (including phenoxy) is 1. The molecule has 0 aliphatic rings. The van der Waals surface area contributed by atoms with Gasteiger partial charge in [-0.1, -0.05) is 0 Å². The van der Waals surface area contributed by atoms with Crippen LogP contribution in [0.2, 0.25) is 0 Å². The Morgan fingerprint density at radius 1 is 1.22 bits per heavy atom. The van der Waals surface area contributed by atoms with Crippen molar-refractivity contribution in [1.82, 2.24) is 14.3 Å². The highest BCUT2D eigenvalue weighted by Crippen LogP contribution is 2.22. The lowest BCUT2D eigenvalue weighted by molar-refractivity contribution is 0.411. The van der Waals surface area contributed by atoms with E-state index in [1.165, 1.54) is 39.4 Å². The van der Waals surface area contributed by atoms with Gasteiger partial charge in [0, 0.05) is 14.1 Å². The molecule has 1 aromatic carbocycles. The highest BCUT2D eigenvalue weighted by Gasteiger charge is 2.19. The van der Waals surface area contributed by atoms with E-state index >= 15 is 0 Å². The first kappa shape index (κ1) is 16.7. The Morgan fingerprint density at radius 3 is 2.43 bits per heavy atom. The molecule has 0 bridgehead atoms. The summed E-state index contributed by atoms with van der Waals surface area (Å²) >= 11 is 0. The number of rotatable bonds is 4. The summed E-state index contributed by atoms with van der Waals surface area (Å²) in [4.78, 5) is 23.5. The Kier molecular flexibility index (Phi) is 4.28. The Labute approximate surface area is 132 Å². The first-order valence-electron chi connectivity index (χ1n) is 6.49. The standard InChI is InChI=1S/C13H16N4O5S/c1-8-7-9(5-6-10(8)22-4)23(20,21)15-11-12(18)16(2)13(19)17(3)14-11/h5-7H,1-4H3,(H,14,15). The van der Waals surface area contributed by atoms with Crippen molar-refractivity contribution >= 4 is 15.8 Å². The van der Waals surface area contributed by atoms with Crippen molar-refractivity contribution in [3.05, 3.63) is 44.6 Å². The van der Waals surface area contributed by atoms with Gasteiger partial charge in [-0.05, 0) is 30.7 Å². The van der Waals surface area contributed by atoms with Crippen LogP contribution < -0.4 is 20.7 Å². The van der Waals surface area contributed by atoms with Gasteiger partial charge in [0.1, 0.15) is 5.75 Å². The van der Waals surface area contributed by atoms with Crippen LogP contribution in [0.3, 0.4) is 0 Å². The average Bonchev–Trinajstić information content (AvgIpc) is 2.50. The molecule has 0 unspecified atom stereocenters. The molecule has 0 radical (unpaired) electrons. The fraction of sp³-hybridized carbons (Fsp3) is 0.308. The van der Waals surface area contributed by atoms with Gasteiger partial charge in [-0.15, -0.1) is 5.10 Å². The summed E-state index contributed by atoms with van der Waals surface area (Å²) in [5.74, 6) is 0.0863. The molecular formula is C13H16N4O5S. The predicted molar refractivity (Wildman–Crippen MR) is 83.3 cm³/mol. The second-order valence-corrected chi connectivity index (χ2v) is 6.54. The summed E-state index contributed by atoms with van der Waals surface area (Å²) in [6.07, 6.45) is 0. The molecule has 0 saturated heterocycles. The van der Waals surface area contributed by atoms with Gasteiger partial charge >= 0.3 is 5.69 Å². The molecule has 10 heteroatoms. The lowest BCUT2D eigenvalue weighted by Crippen LogP contribution is -2.40. The number of hydrogen-bond donors (Lipinski definition) is 1. The molecule has 0 atom stereocenters. The molecule has 1 N–H and O–H groups in total. The quantitative estimate of drug-likeness (QED) is 0.810.